The predicted octanol–water partition coefficient (Wildman–Crippen LogP) is 3.62. The molecule has 0 spiro atoms. The Morgan fingerprint density at radius 2 is 1.88 bits per heavy atom. The van der Waals surface area contributed by atoms with Crippen molar-refractivity contribution in [3.63, 3.8) is 0 Å². The van der Waals surface area contributed by atoms with Crippen LogP contribution in [0.15, 0.2) is 57.7 Å². The van der Waals surface area contributed by atoms with Crippen LogP contribution in [0.25, 0.3) is 11.0 Å². The summed E-state index contributed by atoms with van der Waals surface area (Å²) in [4.78, 5) is 24.3. The Labute approximate surface area is 144 Å². The van der Waals surface area contributed by atoms with Gasteiger partial charge in [0.15, 0.2) is 0 Å². The number of fused-ring (bicyclic) bond motifs is 1. The zero-order valence-corrected chi connectivity index (χ0v) is 14.0. The number of methoxy groups -OCH3 is 1. The third kappa shape index (κ3) is 3.13. The molecule has 1 unspecified atom stereocenters. The molecule has 1 atom stereocenters. The minimum Gasteiger partial charge on any atom is -0.506 e. The van der Waals surface area contributed by atoms with Crippen molar-refractivity contribution in [1.82, 2.24) is 0 Å². The van der Waals surface area contributed by atoms with Crippen LogP contribution in [0.3, 0.4) is 0 Å². The van der Waals surface area contributed by atoms with E-state index < -0.39 is 11.5 Å². The normalized spacial score (nSPS) is 12.1. The van der Waals surface area contributed by atoms with E-state index in [0.717, 1.165) is 5.56 Å². The highest BCUT2D eigenvalue weighted by molar-refractivity contribution is 5.90. The van der Waals surface area contributed by atoms with Crippen LogP contribution in [-0.4, -0.2) is 18.0 Å². The van der Waals surface area contributed by atoms with Gasteiger partial charge >= 0.3 is 5.63 Å². The highest BCUT2D eigenvalue weighted by Crippen LogP contribution is 2.39. The predicted molar refractivity (Wildman–Crippen MR) is 94.3 cm³/mol. The average molecular weight is 338 g/mol. The van der Waals surface area contributed by atoms with Crippen LogP contribution in [-0.2, 0) is 4.79 Å². The maximum Gasteiger partial charge on any atom is 0.343 e. The topological polar surface area (TPSA) is 76.7 Å². The van der Waals surface area contributed by atoms with Crippen LogP contribution in [0.4, 0.5) is 0 Å². The maximum atomic E-state index is 12.6. The molecule has 0 aliphatic rings. The van der Waals surface area contributed by atoms with Gasteiger partial charge in [0.05, 0.1) is 12.7 Å². The minimum absolute atomic E-state index is 0.0680. The lowest BCUT2D eigenvalue weighted by molar-refractivity contribution is -0.117. The molecule has 25 heavy (non-hydrogen) atoms. The monoisotopic (exact) mass is 338 g/mol. The standard InChI is InChI=1S/C20H18O5/c1-12(21)11-14(13-7-4-3-5-8-13)17-19(22)18-15(24-2)9-6-10-16(18)25-20(17)23/h3-10,14,22H,11H2,1-2H3. The summed E-state index contributed by atoms with van der Waals surface area (Å²) in [6.07, 6.45) is 0.0863. The van der Waals surface area contributed by atoms with E-state index in [9.17, 15) is 14.7 Å². The van der Waals surface area contributed by atoms with E-state index in [4.69, 9.17) is 9.15 Å². The van der Waals surface area contributed by atoms with Gasteiger partial charge in [-0.25, -0.2) is 4.79 Å². The van der Waals surface area contributed by atoms with Gasteiger partial charge in [-0.15, -0.1) is 0 Å². The van der Waals surface area contributed by atoms with Crippen molar-refractivity contribution < 1.29 is 19.1 Å². The van der Waals surface area contributed by atoms with Crippen LogP contribution in [0.5, 0.6) is 11.5 Å². The molecule has 2 aromatic carbocycles. The summed E-state index contributed by atoms with van der Waals surface area (Å²) in [7, 11) is 1.48. The van der Waals surface area contributed by atoms with Gasteiger partial charge in [0.2, 0.25) is 0 Å². The second-order valence-corrected chi connectivity index (χ2v) is 5.85. The number of ketones is 1. The second-order valence-electron chi connectivity index (χ2n) is 5.85. The zero-order valence-electron chi connectivity index (χ0n) is 14.0. The lowest BCUT2D eigenvalue weighted by Gasteiger charge is -2.18. The second kappa shape index (κ2) is 6.81. The lowest BCUT2D eigenvalue weighted by atomic mass is 9.87. The van der Waals surface area contributed by atoms with Gasteiger partial charge in [-0.1, -0.05) is 36.4 Å². The Morgan fingerprint density at radius 1 is 1.16 bits per heavy atom. The van der Waals surface area contributed by atoms with Crippen molar-refractivity contribution in [3.8, 4) is 11.5 Å². The Balaban J connectivity index is 2.31. The summed E-state index contributed by atoms with van der Waals surface area (Å²) in [6.45, 7) is 1.45. The fraction of sp³-hybridized carbons (Fsp3) is 0.200. The fourth-order valence-corrected chi connectivity index (χ4v) is 3.05. The first kappa shape index (κ1) is 16.8. The highest BCUT2D eigenvalue weighted by Gasteiger charge is 2.27. The molecule has 0 saturated carbocycles. The summed E-state index contributed by atoms with van der Waals surface area (Å²) < 4.78 is 10.7. The van der Waals surface area contributed by atoms with E-state index in [1.807, 2.05) is 30.3 Å². The summed E-state index contributed by atoms with van der Waals surface area (Å²) in [5.41, 5.74) is 0.404. The van der Waals surface area contributed by atoms with Crippen LogP contribution in [0.2, 0.25) is 0 Å². The van der Waals surface area contributed by atoms with E-state index in [1.165, 1.54) is 14.0 Å². The third-order valence-corrected chi connectivity index (χ3v) is 4.16. The number of hydrogen-bond acceptors (Lipinski definition) is 5. The third-order valence-electron chi connectivity index (χ3n) is 4.16. The first-order valence-electron chi connectivity index (χ1n) is 7.90. The van der Waals surface area contributed by atoms with E-state index >= 15 is 0 Å². The van der Waals surface area contributed by atoms with Crippen molar-refractivity contribution in [2.24, 2.45) is 0 Å². The fourth-order valence-electron chi connectivity index (χ4n) is 3.05. The molecule has 5 heteroatoms. The van der Waals surface area contributed by atoms with Crippen molar-refractivity contribution in [2.45, 2.75) is 19.3 Å². The molecule has 1 N–H and O–H groups in total. The molecule has 5 nitrogen and oxygen atoms in total. The van der Waals surface area contributed by atoms with Gasteiger partial charge in [-0.2, -0.15) is 0 Å². The molecule has 0 aliphatic carbocycles. The molecule has 0 bridgehead atoms. The first-order valence-corrected chi connectivity index (χ1v) is 7.90. The van der Waals surface area contributed by atoms with E-state index in [-0.39, 0.29) is 29.1 Å². The van der Waals surface area contributed by atoms with Crippen LogP contribution < -0.4 is 10.4 Å². The Morgan fingerprint density at radius 3 is 2.52 bits per heavy atom. The maximum absolute atomic E-state index is 12.6. The number of hydrogen-bond donors (Lipinski definition) is 1. The van der Waals surface area contributed by atoms with Gasteiger partial charge < -0.3 is 14.3 Å². The van der Waals surface area contributed by atoms with E-state index in [2.05, 4.69) is 0 Å². The molecule has 0 radical (unpaired) electrons. The largest absolute Gasteiger partial charge is 0.506 e. The van der Waals surface area contributed by atoms with Gasteiger partial charge in [-0.3, -0.25) is 4.79 Å². The Kier molecular flexibility index (Phi) is 4.57. The number of ether oxygens (including phenoxy) is 1. The molecule has 1 heterocycles. The summed E-state index contributed by atoms with van der Waals surface area (Å²) in [5, 5.41) is 11.2. The number of carbonyl (C=O) groups excluding carboxylic acids is 1. The lowest BCUT2D eigenvalue weighted by Crippen LogP contribution is -2.16. The van der Waals surface area contributed by atoms with Crippen LogP contribution in [0.1, 0.15) is 30.4 Å². The average Bonchev–Trinajstić information content (AvgIpc) is 2.60. The molecule has 0 saturated heterocycles. The highest BCUT2D eigenvalue weighted by atomic mass is 16.5. The Bertz CT molecular complexity index is 973. The van der Waals surface area contributed by atoms with E-state index in [0.29, 0.717) is 11.1 Å². The molecule has 1 aromatic heterocycles. The van der Waals surface area contributed by atoms with Crippen molar-refractivity contribution in [3.05, 3.63) is 70.1 Å². The molecule has 0 aliphatic heterocycles. The smallest absolute Gasteiger partial charge is 0.343 e. The van der Waals surface area contributed by atoms with Crippen LogP contribution >= 0.6 is 0 Å². The van der Waals surface area contributed by atoms with Crippen molar-refractivity contribution in [1.29, 1.82) is 0 Å². The SMILES string of the molecule is COc1cccc2oc(=O)c(C(CC(C)=O)c3ccccc3)c(O)c12. The quantitative estimate of drug-likeness (QED) is 0.719. The Hall–Kier alpha value is -3.08. The van der Waals surface area contributed by atoms with Crippen molar-refractivity contribution >= 4 is 16.8 Å². The zero-order chi connectivity index (χ0) is 18.0. The summed E-state index contributed by atoms with van der Waals surface area (Å²) in [5.74, 6) is -0.495. The van der Waals surface area contributed by atoms with E-state index in [1.54, 1.807) is 18.2 Å². The summed E-state index contributed by atoms with van der Waals surface area (Å²) >= 11 is 0. The molecule has 0 amide bonds. The molecule has 3 rings (SSSR count). The molecule has 0 fully saturated rings. The van der Waals surface area contributed by atoms with Crippen LogP contribution in [0, 0.1) is 0 Å². The molecule has 128 valence electrons. The van der Waals surface area contributed by atoms with Crippen molar-refractivity contribution in [2.75, 3.05) is 7.11 Å². The molecular formula is C20H18O5. The number of aromatic hydroxyl groups is 1. The van der Waals surface area contributed by atoms with Gasteiger partial charge in [0.1, 0.15) is 28.3 Å². The number of benzene rings is 2. The summed E-state index contributed by atoms with van der Waals surface area (Å²) in [6, 6.07) is 14.1. The number of carbonyl (C=O) groups is 1. The van der Waals surface area contributed by atoms with Gasteiger partial charge in [-0.05, 0) is 24.6 Å². The van der Waals surface area contributed by atoms with Gasteiger partial charge in [0.25, 0.3) is 0 Å². The van der Waals surface area contributed by atoms with Gasteiger partial charge in [0, 0.05) is 12.3 Å². The number of rotatable bonds is 5. The number of Topliss-reactive ketones (excluding diaryl/α,β-unsaturated/α-hetero) is 1. The minimum atomic E-state index is -0.659. The molecular weight excluding hydrogens is 320 g/mol. The molecule has 3 aromatic rings. The first-order chi connectivity index (χ1) is 12.0.